The number of ether oxygens (including phenoxy) is 1. The average molecular weight is 259 g/mol. The van der Waals surface area contributed by atoms with Gasteiger partial charge in [0.15, 0.2) is 0 Å². The Bertz CT molecular complexity index is 561. The largest absolute Gasteiger partial charge is 0.486 e. The van der Waals surface area contributed by atoms with Crippen molar-refractivity contribution in [3.8, 4) is 5.75 Å². The van der Waals surface area contributed by atoms with E-state index in [1.807, 2.05) is 23.9 Å². The number of hydrogen-bond donors (Lipinski definition) is 1. The van der Waals surface area contributed by atoms with E-state index in [1.165, 1.54) is 11.1 Å². The van der Waals surface area contributed by atoms with Crippen molar-refractivity contribution in [2.45, 2.75) is 26.9 Å². The van der Waals surface area contributed by atoms with Crippen LogP contribution in [-0.4, -0.2) is 16.1 Å². The van der Waals surface area contributed by atoms with E-state index in [9.17, 15) is 0 Å². The molecule has 0 radical (unpaired) electrons. The first-order chi connectivity index (χ1) is 9.10. The monoisotopic (exact) mass is 259 g/mol. The van der Waals surface area contributed by atoms with Crippen LogP contribution in [0.5, 0.6) is 5.75 Å². The van der Waals surface area contributed by atoms with Crippen LogP contribution in [0.1, 0.15) is 22.6 Å². The molecule has 0 spiro atoms. The molecule has 0 unspecified atom stereocenters. The van der Waals surface area contributed by atoms with Crippen LogP contribution < -0.4 is 10.5 Å². The minimum Gasteiger partial charge on any atom is -0.486 e. The molecule has 2 N–H and O–H groups in total. The van der Waals surface area contributed by atoms with E-state index < -0.39 is 0 Å². The summed E-state index contributed by atoms with van der Waals surface area (Å²) < 4.78 is 7.78. The molecular weight excluding hydrogens is 238 g/mol. The highest BCUT2D eigenvalue weighted by molar-refractivity contribution is 5.33. The first-order valence-corrected chi connectivity index (χ1v) is 6.51. The predicted octanol–water partition coefficient (Wildman–Crippen LogP) is 2.12. The Kier molecular flexibility index (Phi) is 4.22. The quantitative estimate of drug-likeness (QED) is 0.894. The van der Waals surface area contributed by atoms with Gasteiger partial charge < -0.3 is 15.0 Å². The van der Waals surface area contributed by atoms with Gasteiger partial charge in [0.25, 0.3) is 0 Å². The van der Waals surface area contributed by atoms with Crippen molar-refractivity contribution >= 4 is 0 Å². The van der Waals surface area contributed by atoms with Gasteiger partial charge in [-0.15, -0.1) is 0 Å². The molecule has 0 bridgehead atoms. The molecular formula is C15H21N3O. The number of aryl methyl sites for hydroxylation is 3. The maximum absolute atomic E-state index is 5.79. The van der Waals surface area contributed by atoms with E-state index in [0.29, 0.717) is 13.2 Å². The molecule has 0 aliphatic heterocycles. The highest BCUT2D eigenvalue weighted by atomic mass is 16.5. The van der Waals surface area contributed by atoms with Crippen molar-refractivity contribution in [3.63, 3.8) is 0 Å². The number of imidazole rings is 1. The lowest BCUT2D eigenvalue weighted by Gasteiger charge is -2.08. The molecule has 1 aromatic heterocycles. The van der Waals surface area contributed by atoms with E-state index >= 15 is 0 Å². The summed E-state index contributed by atoms with van der Waals surface area (Å²) in [5.41, 5.74) is 9.06. The van der Waals surface area contributed by atoms with Gasteiger partial charge in [-0.05, 0) is 43.7 Å². The minimum absolute atomic E-state index is 0.476. The predicted molar refractivity (Wildman–Crippen MR) is 76.2 cm³/mol. The molecule has 0 fully saturated rings. The molecule has 0 aliphatic carbocycles. The molecule has 2 aromatic rings. The summed E-state index contributed by atoms with van der Waals surface area (Å²) >= 11 is 0. The Morgan fingerprint density at radius 2 is 2.05 bits per heavy atom. The molecule has 19 heavy (non-hydrogen) atoms. The molecule has 1 heterocycles. The smallest absolute Gasteiger partial charge is 0.146 e. The Morgan fingerprint density at radius 1 is 1.26 bits per heavy atom. The summed E-state index contributed by atoms with van der Waals surface area (Å²) in [6.07, 6.45) is 2.81. The third-order valence-electron chi connectivity index (χ3n) is 3.27. The zero-order valence-corrected chi connectivity index (χ0v) is 11.8. The molecule has 0 aliphatic rings. The molecule has 0 saturated heterocycles. The van der Waals surface area contributed by atoms with Crippen LogP contribution in [0.25, 0.3) is 0 Å². The van der Waals surface area contributed by atoms with Gasteiger partial charge in [0, 0.05) is 19.7 Å². The fourth-order valence-corrected chi connectivity index (χ4v) is 1.93. The topological polar surface area (TPSA) is 53.1 Å². The molecule has 4 nitrogen and oxygen atoms in total. The fourth-order valence-electron chi connectivity index (χ4n) is 1.93. The summed E-state index contributed by atoms with van der Waals surface area (Å²) in [4.78, 5) is 4.51. The van der Waals surface area contributed by atoms with Crippen LogP contribution in [0.4, 0.5) is 0 Å². The zero-order chi connectivity index (χ0) is 13.8. The summed E-state index contributed by atoms with van der Waals surface area (Å²) in [5.74, 6) is 1.80. The van der Waals surface area contributed by atoms with Gasteiger partial charge in [0.1, 0.15) is 18.2 Å². The fraction of sp³-hybridized carbons (Fsp3) is 0.400. The Labute approximate surface area is 114 Å². The highest BCUT2D eigenvalue weighted by Gasteiger charge is 2.06. The first-order valence-electron chi connectivity index (χ1n) is 6.51. The standard InChI is InChI=1S/C15H21N3O/c1-11-4-5-14(8-12(11)2)19-10-15-17-13(6-7-16)9-18(15)3/h4-5,8-9H,6-7,10,16H2,1-3H3. The number of benzene rings is 1. The van der Waals surface area contributed by atoms with Crippen molar-refractivity contribution in [3.05, 3.63) is 47.0 Å². The summed E-state index contributed by atoms with van der Waals surface area (Å²) in [7, 11) is 1.98. The van der Waals surface area contributed by atoms with E-state index in [0.717, 1.165) is 23.7 Å². The van der Waals surface area contributed by atoms with Gasteiger partial charge in [-0.3, -0.25) is 0 Å². The van der Waals surface area contributed by atoms with Gasteiger partial charge in [0.2, 0.25) is 0 Å². The second-order valence-electron chi connectivity index (χ2n) is 4.83. The van der Waals surface area contributed by atoms with Gasteiger partial charge in [-0.25, -0.2) is 4.98 Å². The number of nitrogens with zero attached hydrogens (tertiary/aromatic N) is 2. The lowest BCUT2D eigenvalue weighted by Crippen LogP contribution is -2.04. The number of hydrogen-bond acceptors (Lipinski definition) is 3. The van der Waals surface area contributed by atoms with E-state index in [-0.39, 0.29) is 0 Å². The molecule has 0 saturated carbocycles. The molecule has 102 valence electrons. The van der Waals surface area contributed by atoms with Crippen molar-refractivity contribution in [2.24, 2.45) is 12.8 Å². The van der Waals surface area contributed by atoms with Crippen molar-refractivity contribution < 1.29 is 4.74 Å². The minimum atomic E-state index is 0.476. The highest BCUT2D eigenvalue weighted by Crippen LogP contribution is 2.17. The third-order valence-corrected chi connectivity index (χ3v) is 3.27. The number of rotatable bonds is 5. The van der Waals surface area contributed by atoms with Crippen LogP contribution in [-0.2, 0) is 20.1 Å². The van der Waals surface area contributed by atoms with Crippen LogP contribution in [0.15, 0.2) is 24.4 Å². The van der Waals surface area contributed by atoms with Gasteiger partial charge in [-0.1, -0.05) is 6.07 Å². The van der Waals surface area contributed by atoms with Crippen LogP contribution in [0.3, 0.4) is 0 Å². The third kappa shape index (κ3) is 3.35. The molecule has 0 amide bonds. The second kappa shape index (κ2) is 5.89. The Hall–Kier alpha value is -1.81. The average Bonchev–Trinajstić information content (AvgIpc) is 2.72. The molecule has 0 atom stereocenters. The molecule has 1 aromatic carbocycles. The summed E-state index contributed by atoms with van der Waals surface area (Å²) in [6, 6.07) is 6.12. The van der Waals surface area contributed by atoms with E-state index in [4.69, 9.17) is 10.5 Å². The summed E-state index contributed by atoms with van der Waals surface area (Å²) in [5, 5.41) is 0. The zero-order valence-electron chi connectivity index (χ0n) is 11.8. The van der Waals surface area contributed by atoms with Crippen molar-refractivity contribution in [2.75, 3.05) is 6.54 Å². The second-order valence-corrected chi connectivity index (χ2v) is 4.83. The van der Waals surface area contributed by atoms with Crippen LogP contribution in [0.2, 0.25) is 0 Å². The Morgan fingerprint density at radius 3 is 2.74 bits per heavy atom. The van der Waals surface area contributed by atoms with Crippen molar-refractivity contribution in [1.82, 2.24) is 9.55 Å². The van der Waals surface area contributed by atoms with Gasteiger partial charge in [0.05, 0.1) is 5.69 Å². The maximum Gasteiger partial charge on any atom is 0.146 e. The van der Waals surface area contributed by atoms with Crippen molar-refractivity contribution in [1.29, 1.82) is 0 Å². The van der Waals surface area contributed by atoms with Crippen LogP contribution in [0, 0.1) is 13.8 Å². The maximum atomic E-state index is 5.79. The molecule has 4 heteroatoms. The summed E-state index contributed by atoms with van der Waals surface area (Å²) in [6.45, 7) is 5.28. The lowest BCUT2D eigenvalue weighted by molar-refractivity contribution is 0.291. The van der Waals surface area contributed by atoms with Gasteiger partial charge in [-0.2, -0.15) is 0 Å². The molecule has 2 rings (SSSR count). The normalized spacial score (nSPS) is 10.7. The lowest BCUT2D eigenvalue weighted by atomic mass is 10.1. The first kappa shape index (κ1) is 13.6. The van der Waals surface area contributed by atoms with E-state index in [1.54, 1.807) is 0 Å². The number of nitrogens with two attached hydrogens (primary N) is 1. The van der Waals surface area contributed by atoms with E-state index in [2.05, 4.69) is 31.0 Å². The SMILES string of the molecule is Cc1ccc(OCc2nc(CCN)cn2C)cc1C. The number of aromatic nitrogens is 2. The Balaban J connectivity index is 2.03. The van der Waals surface area contributed by atoms with Gasteiger partial charge >= 0.3 is 0 Å². The van der Waals surface area contributed by atoms with Crippen LogP contribution >= 0.6 is 0 Å².